The number of benzene rings is 1. The number of amides is 1. The Balaban J connectivity index is 2.02. The van der Waals surface area contributed by atoms with E-state index < -0.39 is 0 Å². The van der Waals surface area contributed by atoms with E-state index >= 15 is 0 Å². The van der Waals surface area contributed by atoms with Gasteiger partial charge in [-0.15, -0.1) is 0 Å². The summed E-state index contributed by atoms with van der Waals surface area (Å²) in [5, 5.41) is 3.54. The largest absolute Gasteiger partial charge is 0.451 e. The van der Waals surface area contributed by atoms with E-state index in [1.54, 1.807) is 24.4 Å². The number of furan rings is 1. The Morgan fingerprint density at radius 3 is 2.76 bits per heavy atom. The first-order chi connectivity index (χ1) is 12.1. The molecule has 0 fully saturated rings. The van der Waals surface area contributed by atoms with Gasteiger partial charge in [0.05, 0.1) is 5.69 Å². The van der Waals surface area contributed by atoms with E-state index in [4.69, 9.17) is 4.42 Å². The van der Waals surface area contributed by atoms with Crippen molar-refractivity contribution in [3.8, 4) is 0 Å². The van der Waals surface area contributed by atoms with Crippen LogP contribution in [0.3, 0.4) is 0 Å². The third-order valence-corrected chi connectivity index (χ3v) is 3.99. The van der Waals surface area contributed by atoms with E-state index in [9.17, 15) is 9.59 Å². The number of rotatable bonds is 6. The maximum Gasteiger partial charge on any atom is 0.274 e. The van der Waals surface area contributed by atoms with E-state index in [1.165, 1.54) is 0 Å². The quantitative estimate of drug-likeness (QED) is 0.659. The molecule has 0 spiro atoms. The first kappa shape index (κ1) is 16.9. The predicted octanol–water partition coefficient (Wildman–Crippen LogP) is 4.76. The number of aromatic nitrogens is 1. The summed E-state index contributed by atoms with van der Waals surface area (Å²) in [5.41, 5.74) is 2.32. The number of anilines is 1. The molecule has 0 bridgehead atoms. The van der Waals surface area contributed by atoms with E-state index in [0.29, 0.717) is 17.7 Å². The normalized spacial score (nSPS) is 10.8. The van der Waals surface area contributed by atoms with E-state index in [1.807, 2.05) is 32.0 Å². The monoisotopic (exact) mass is 336 g/mol. The number of hydrogen-bond donors (Lipinski definition) is 1. The molecular weight excluding hydrogens is 316 g/mol. The Hall–Kier alpha value is -2.95. The zero-order valence-corrected chi connectivity index (χ0v) is 14.3. The van der Waals surface area contributed by atoms with Crippen molar-refractivity contribution >= 4 is 28.3 Å². The van der Waals surface area contributed by atoms with Crippen molar-refractivity contribution in [1.82, 2.24) is 4.98 Å². The zero-order valence-electron chi connectivity index (χ0n) is 14.3. The Bertz CT molecular complexity index is 913. The van der Waals surface area contributed by atoms with Gasteiger partial charge in [-0.25, -0.2) is 0 Å². The maximum atomic E-state index is 12.5. The summed E-state index contributed by atoms with van der Waals surface area (Å²) in [6, 6.07) is 10.7. The highest BCUT2D eigenvalue weighted by Crippen LogP contribution is 2.33. The maximum absolute atomic E-state index is 12.5. The van der Waals surface area contributed by atoms with Gasteiger partial charge in [0, 0.05) is 18.0 Å². The van der Waals surface area contributed by atoms with Gasteiger partial charge in [-0.05, 0) is 37.6 Å². The second-order valence-corrected chi connectivity index (χ2v) is 6.00. The highest BCUT2D eigenvalue weighted by molar-refractivity contribution is 6.14. The summed E-state index contributed by atoms with van der Waals surface area (Å²) < 4.78 is 5.77. The minimum Gasteiger partial charge on any atom is -0.451 e. The third kappa shape index (κ3) is 3.60. The molecular formula is C20H20N2O3. The van der Waals surface area contributed by atoms with Crippen LogP contribution in [0.1, 0.15) is 52.8 Å². The lowest BCUT2D eigenvalue weighted by Gasteiger charge is -2.05. The Kier molecular flexibility index (Phi) is 4.93. The molecule has 25 heavy (non-hydrogen) atoms. The Labute approximate surface area is 146 Å². The molecule has 0 aliphatic heterocycles. The molecule has 2 heterocycles. The molecule has 1 aromatic carbocycles. The lowest BCUT2D eigenvalue weighted by Crippen LogP contribution is -2.15. The SMILES string of the molecule is CCCCC(=O)c1oc2ccc(C)cc2c1NC(=O)c1ccccn1. The zero-order chi connectivity index (χ0) is 17.8. The number of carbonyl (C=O) groups is 2. The number of unbranched alkanes of at least 4 members (excludes halogenated alkanes) is 1. The van der Waals surface area contributed by atoms with Crippen molar-refractivity contribution in [2.24, 2.45) is 0 Å². The number of nitrogens with one attached hydrogen (secondary N) is 1. The van der Waals surface area contributed by atoms with Crippen LogP contribution in [0, 0.1) is 6.92 Å². The van der Waals surface area contributed by atoms with E-state index in [-0.39, 0.29) is 23.1 Å². The van der Waals surface area contributed by atoms with Gasteiger partial charge >= 0.3 is 0 Å². The highest BCUT2D eigenvalue weighted by Gasteiger charge is 2.22. The highest BCUT2D eigenvalue weighted by atomic mass is 16.3. The number of hydrogen-bond acceptors (Lipinski definition) is 4. The Morgan fingerprint density at radius 1 is 1.20 bits per heavy atom. The molecule has 1 N–H and O–H groups in total. The fourth-order valence-corrected chi connectivity index (χ4v) is 2.66. The van der Waals surface area contributed by atoms with Crippen molar-refractivity contribution in [2.75, 3.05) is 5.32 Å². The fourth-order valence-electron chi connectivity index (χ4n) is 2.66. The van der Waals surface area contributed by atoms with Gasteiger partial charge in [0.2, 0.25) is 0 Å². The summed E-state index contributed by atoms with van der Waals surface area (Å²) in [5.74, 6) is -0.264. The molecule has 3 aromatic rings. The van der Waals surface area contributed by atoms with Crippen molar-refractivity contribution < 1.29 is 14.0 Å². The van der Waals surface area contributed by atoms with E-state index in [2.05, 4.69) is 10.3 Å². The second-order valence-electron chi connectivity index (χ2n) is 6.00. The molecule has 0 unspecified atom stereocenters. The number of pyridine rings is 1. The number of ketones is 1. The molecule has 0 radical (unpaired) electrons. The number of Topliss-reactive ketones (excluding diaryl/α,β-unsaturated/α-hetero) is 1. The van der Waals surface area contributed by atoms with Crippen molar-refractivity contribution in [2.45, 2.75) is 33.1 Å². The number of carbonyl (C=O) groups excluding carboxylic acids is 2. The van der Waals surface area contributed by atoms with Gasteiger partial charge in [0.1, 0.15) is 11.3 Å². The molecule has 128 valence electrons. The number of nitrogens with zero attached hydrogens (tertiary/aromatic N) is 1. The summed E-state index contributed by atoms with van der Waals surface area (Å²) in [6.07, 6.45) is 3.64. The molecule has 0 saturated carbocycles. The van der Waals surface area contributed by atoms with Crippen LogP contribution < -0.4 is 5.32 Å². The summed E-state index contributed by atoms with van der Waals surface area (Å²) in [4.78, 5) is 29.1. The van der Waals surface area contributed by atoms with Gasteiger partial charge in [-0.2, -0.15) is 0 Å². The summed E-state index contributed by atoms with van der Waals surface area (Å²) >= 11 is 0. The van der Waals surface area contributed by atoms with Gasteiger partial charge < -0.3 is 9.73 Å². The van der Waals surface area contributed by atoms with Gasteiger partial charge in [-0.1, -0.05) is 31.0 Å². The molecule has 0 aliphatic carbocycles. The van der Waals surface area contributed by atoms with Gasteiger partial charge in [-0.3, -0.25) is 14.6 Å². The average Bonchev–Trinajstić information content (AvgIpc) is 2.98. The van der Waals surface area contributed by atoms with Crippen LogP contribution in [0.2, 0.25) is 0 Å². The third-order valence-electron chi connectivity index (χ3n) is 3.99. The second kappa shape index (κ2) is 7.30. The Morgan fingerprint density at radius 2 is 2.04 bits per heavy atom. The van der Waals surface area contributed by atoms with Gasteiger partial charge in [0.25, 0.3) is 5.91 Å². The molecule has 2 aromatic heterocycles. The fraction of sp³-hybridized carbons (Fsp3) is 0.250. The topological polar surface area (TPSA) is 72.2 Å². The molecule has 0 atom stereocenters. The van der Waals surface area contributed by atoms with E-state index in [0.717, 1.165) is 23.8 Å². The number of aryl methyl sites for hydroxylation is 1. The molecule has 0 saturated heterocycles. The van der Waals surface area contributed by atoms with Gasteiger partial charge in [0.15, 0.2) is 11.5 Å². The smallest absolute Gasteiger partial charge is 0.274 e. The van der Waals surface area contributed by atoms with Crippen LogP contribution in [0.25, 0.3) is 11.0 Å². The minimum absolute atomic E-state index is 0.105. The van der Waals surface area contributed by atoms with Crippen molar-refractivity contribution in [3.05, 3.63) is 59.6 Å². The standard InChI is InChI=1S/C20H20N2O3/c1-3-4-8-16(23)19-18(14-12-13(2)9-10-17(14)25-19)22-20(24)15-7-5-6-11-21-15/h5-7,9-12H,3-4,8H2,1-2H3,(H,22,24). The molecule has 1 amide bonds. The molecule has 5 nitrogen and oxygen atoms in total. The van der Waals surface area contributed by atoms with Crippen molar-refractivity contribution in [3.63, 3.8) is 0 Å². The van der Waals surface area contributed by atoms with Crippen LogP contribution in [0.5, 0.6) is 0 Å². The molecule has 3 rings (SSSR count). The predicted molar refractivity (Wildman–Crippen MR) is 97.0 cm³/mol. The van der Waals surface area contributed by atoms with Crippen molar-refractivity contribution in [1.29, 1.82) is 0 Å². The first-order valence-corrected chi connectivity index (χ1v) is 8.39. The summed E-state index contributed by atoms with van der Waals surface area (Å²) in [6.45, 7) is 3.98. The minimum atomic E-state index is -0.366. The first-order valence-electron chi connectivity index (χ1n) is 8.39. The van der Waals surface area contributed by atoms with Crippen LogP contribution >= 0.6 is 0 Å². The van der Waals surface area contributed by atoms with Crippen LogP contribution in [-0.4, -0.2) is 16.7 Å². The number of fused-ring (bicyclic) bond motifs is 1. The summed E-state index contributed by atoms with van der Waals surface area (Å²) in [7, 11) is 0. The van der Waals surface area contributed by atoms with Crippen LogP contribution in [0.15, 0.2) is 47.0 Å². The van der Waals surface area contributed by atoms with Crippen LogP contribution in [-0.2, 0) is 0 Å². The lowest BCUT2D eigenvalue weighted by molar-refractivity contribution is 0.0956. The molecule has 0 aliphatic rings. The average molecular weight is 336 g/mol. The van der Waals surface area contributed by atoms with Crippen LogP contribution in [0.4, 0.5) is 5.69 Å². The molecule has 5 heteroatoms. The lowest BCUT2D eigenvalue weighted by atomic mass is 10.1.